The minimum absolute atomic E-state index is 0.0447. The van der Waals surface area contributed by atoms with Crippen molar-refractivity contribution in [2.75, 3.05) is 13.2 Å². The minimum atomic E-state index is -3.03. The third kappa shape index (κ3) is 7.36. The number of aryl methyl sites for hydroxylation is 1. The van der Waals surface area contributed by atoms with Gasteiger partial charge in [-0.25, -0.2) is 4.79 Å². The molecule has 0 unspecified atom stereocenters. The Morgan fingerprint density at radius 2 is 1.45 bits per heavy atom. The van der Waals surface area contributed by atoms with Crippen LogP contribution in [-0.2, 0) is 28.2 Å². The molecule has 1 heterocycles. The third-order valence-electron chi connectivity index (χ3n) is 7.73. The van der Waals surface area contributed by atoms with E-state index >= 15 is 0 Å². The first-order valence-corrected chi connectivity index (χ1v) is 16.6. The molecule has 1 saturated heterocycles. The second kappa shape index (κ2) is 14.5. The largest absolute Gasteiger partial charge is 0.454 e. The molecule has 0 spiro atoms. The van der Waals surface area contributed by atoms with E-state index in [-0.39, 0.29) is 18.3 Å². The molecule has 9 heteroatoms. The zero-order chi connectivity index (χ0) is 31.9. The van der Waals surface area contributed by atoms with Gasteiger partial charge in [0.15, 0.2) is 18.5 Å². The number of hydrogen-bond donors (Lipinski definition) is 1. The van der Waals surface area contributed by atoms with Crippen molar-refractivity contribution in [2.24, 2.45) is 0 Å². The van der Waals surface area contributed by atoms with E-state index in [0.717, 1.165) is 15.9 Å². The van der Waals surface area contributed by atoms with Gasteiger partial charge in [0.25, 0.3) is 8.32 Å². The lowest BCUT2D eigenvalue weighted by molar-refractivity contribution is -0.294. The quantitative estimate of drug-likeness (QED) is 0.193. The van der Waals surface area contributed by atoms with E-state index in [1.807, 2.05) is 55.5 Å². The summed E-state index contributed by atoms with van der Waals surface area (Å²) in [6.07, 6.45) is -4.43. The Bertz CT molecular complexity index is 1350. The highest BCUT2D eigenvalue weighted by Crippen LogP contribution is 2.38. The molecule has 0 saturated carbocycles. The van der Waals surface area contributed by atoms with E-state index in [9.17, 15) is 14.7 Å². The summed E-state index contributed by atoms with van der Waals surface area (Å²) in [5.74, 6) is -1.25. The molecule has 44 heavy (non-hydrogen) atoms. The van der Waals surface area contributed by atoms with E-state index in [2.05, 4.69) is 51.6 Å². The van der Waals surface area contributed by atoms with Gasteiger partial charge in [-0.05, 0) is 34.5 Å². The fraction of sp³-hybridized carbons (Fsp3) is 0.371. The molecule has 1 fully saturated rings. The van der Waals surface area contributed by atoms with E-state index in [4.69, 9.17) is 23.4 Å². The van der Waals surface area contributed by atoms with Gasteiger partial charge < -0.3 is 28.5 Å². The lowest BCUT2D eigenvalue weighted by Crippen LogP contribution is -2.68. The lowest BCUT2D eigenvalue weighted by Gasteiger charge is -2.47. The maximum absolute atomic E-state index is 13.4. The van der Waals surface area contributed by atoms with Crippen LogP contribution >= 0.6 is 0 Å². The standard InChI is InChI=1S/C35H42O8Si/c1-7-22-39-31-30(43-33(37)26-20-18-24(2)19-21-26)29(42-34(38)32(31)41-25(3)36)23-40-44(35(4,5)6,27-14-10-8-11-15-27)28-16-12-9-13-17-28/h7-21,29-32,34,38H,1,22-23H2,2-6H3/t29-,30+,31+,32-,34-/m1/s1. The van der Waals surface area contributed by atoms with Crippen LogP contribution in [0.1, 0.15) is 43.6 Å². The summed E-state index contributed by atoms with van der Waals surface area (Å²) in [7, 11) is -3.03. The Morgan fingerprint density at radius 1 is 0.886 bits per heavy atom. The molecule has 4 rings (SSSR count). The van der Waals surface area contributed by atoms with Crippen LogP contribution in [0, 0.1) is 6.92 Å². The highest BCUT2D eigenvalue weighted by molar-refractivity contribution is 6.99. The van der Waals surface area contributed by atoms with Gasteiger partial charge in [0, 0.05) is 6.92 Å². The van der Waals surface area contributed by atoms with Crippen molar-refractivity contribution in [3.05, 3.63) is 109 Å². The Morgan fingerprint density at radius 3 is 1.95 bits per heavy atom. The zero-order valence-electron chi connectivity index (χ0n) is 26.0. The number of rotatable bonds is 11. The highest BCUT2D eigenvalue weighted by Gasteiger charge is 2.54. The summed E-state index contributed by atoms with van der Waals surface area (Å²) in [6.45, 7) is 13.3. The summed E-state index contributed by atoms with van der Waals surface area (Å²) in [4.78, 5) is 25.5. The smallest absolute Gasteiger partial charge is 0.338 e. The van der Waals surface area contributed by atoms with Gasteiger partial charge >= 0.3 is 11.9 Å². The molecule has 3 aromatic rings. The van der Waals surface area contributed by atoms with Crippen molar-refractivity contribution in [1.82, 2.24) is 0 Å². The number of ether oxygens (including phenoxy) is 4. The van der Waals surface area contributed by atoms with Crippen LogP contribution in [0.4, 0.5) is 0 Å². The van der Waals surface area contributed by atoms with Crippen molar-refractivity contribution in [3.63, 3.8) is 0 Å². The van der Waals surface area contributed by atoms with Crippen LogP contribution in [0.3, 0.4) is 0 Å². The average Bonchev–Trinajstić information content (AvgIpc) is 2.99. The molecular formula is C35H42O8Si. The maximum atomic E-state index is 13.4. The van der Waals surface area contributed by atoms with Crippen LogP contribution in [0.15, 0.2) is 97.6 Å². The molecule has 234 valence electrons. The second-order valence-electron chi connectivity index (χ2n) is 11.9. The Balaban J connectivity index is 1.77. The van der Waals surface area contributed by atoms with Crippen molar-refractivity contribution < 1.29 is 38.1 Å². The van der Waals surface area contributed by atoms with Gasteiger partial charge in [-0.1, -0.05) is 105 Å². The normalized spacial score (nSPS) is 22.2. The molecule has 0 bridgehead atoms. The van der Waals surface area contributed by atoms with E-state index < -0.39 is 51.0 Å². The van der Waals surface area contributed by atoms with Crippen molar-refractivity contribution in [3.8, 4) is 0 Å². The number of aliphatic hydroxyl groups excluding tert-OH is 1. The summed E-state index contributed by atoms with van der Waals surface area (Å²) >= 11 is 0. The van der Waals surface area contributed by atoms with Crippen molar-refractivity contribution >= 4 is 30.6 Å². The average molecular weight is 619 g/mol. The first-order chi connectivity index (χ1) is 21.0. The number of carbonyl (C=O) groups is 2. The van der Waals surface area contributed by atoms with Gasteiger partial charge in [0.1, 0.15) is 12.2 Å². The first kappa shape index (κ1) is 33.3. The fourth-order valence-corrected chi connectivity index (χ4v) is 10.3. The van der Waals surface area contributed by atoms with Gasteiger partial charge in [0.2, 0.25) is 0 Å². The summed E-state index contributed by atoms with van der Waals surface area (Å²) in [6, 6.07) is 27.2. The topological polar surface area (TPSA) is 101 Å². The molecule has 0 aliphatic carbocycles. The predicted octanol–water partition coefficient (Wildman–Crippen LogP) is 4.32. The fourth-order valence-electron chi connectivity index (χ4n) is 5.71. The van der Waals surface area contributed by atoms with Gasteiger partial charge in [-0.3, -0.25) is 4.79 Å². The van der Waals surface area contributed by atoms with Crippen molar-refractivity contribution in [2.45, 2.75) is 70.4 Å². The number of hydrogen-bond acceptors (Lipinski definition) is 8. The molecule has 8 nitrogen and oxygen atoms in total. The van der Waals surface area contributed by atoms with E-state index in [1.54, 1.807) is 12.1 Å². The van der Waals surface area contributed by atoms with Gasteiger partial charge in [-0.15, -0.1) is 6.58 Å². The highest BCUT2D eigenvalue weighted by atomic mass is 28.4. The lowest BCUT2D eigenvalue weighted by atomic mass is 9.98. The molecule has 1 N–H and O–H groups in total. The maximum Gasteiger partial charge on any atom is 0.338 e. The van der Waals surface area contributed by atoms with Gasteiger partial charge in [0.05, 0.1) is 18.8 Å². The van der Waals surface area contributed by atoms with E-state index in [1.165, 1.54) is 13.0 Å². The molecule has 3 aromatic carbocycles. The summed E-state index contributed by atoms with van der Waals surface area (Å²) in [5.41, 5.74) is 1.32. The third-order valence-corrected chi connectivity index (χ3v) is 12.7. The number of esters is 2. The van der Waals surface area contributed by atoms with Crippen LogP contribution in [0.2, 0.25) is 5.04 Å². The molecule has 1 aliphatic heterocycles. The first-order valence-electron chi connectivity index (χ1n) is 14.7. The number of carbonyl (C=O) groups excluding carboxylic acids is 2. The van der Waals surface area contributed by atoms with Crippen molar-refractivity contribution in [1.29, 1.82) is 0 Å². The number of benzene rings is 3. The van der Waals surface area contributed by atoms with Crippen LogP contribution in [0.25, 0.3) is 0 Å². The monoisotopic (exact) mass is 618 g/mol. The number of aliphatic hydroxyl groups is 1. The second-order valence-corrected chi connectivity index (χ2v) is 16.2. The predicted molar refractivity (Wildman–Crippen MR) is 170 cm³/mol. The van der Waals surface area contributed by atoms with Crippen LogP contribution in [-0.4, -0.2) is 69.3 Å². The molecular weight excluding hydrogens is 576 g/mol. The van der Waals surface area contributed by atoms with Crippen LogP contribution < -0.4 is 10.4 Å². The molecule has 5 atom stereocenters. The Labute approximate surface area is 260 Å². The van der Waals surface area contributed by atoms with Gasteiger partial charge in [-0.2, -0.15) is 0 Å². The SMILES string of the molecule is C=CCO[C@@H]1[C@@H](OC(C)=O)[C@H](O)O[C@H](CO[Si](c2ccccc2)(c2ccccc2)C(C)(C)C)[C@@H]1OC(=O)c1ccc(C)cc1. The molecule has 0 aromatic heterocycles. The van der Waals surface area contributed by atoms with Crippen LogP contribution in [0.5, 0.6) is 0 Å². The Kier molecular flexibility index (Phi) is 10.9. The van der Waals surface area contributed by atoms with E-state index in [0.29, 0.717) is 5.56 Å². The summed E-state index contributed by atoms with van der Waals surface area (Å²) < 4.78 is 30.7. The minimum Gasteiger partial charge on any atom is -0.454 e. The molecule has 0 amide bonds. The molecule has 1 aliphatic rings. The summed E-state index contributed by atoms with van der Waals surface area (Å²) in [5, 5.41) is 12.9. The molecule has 0 radical (unpaired) electrons. The Hall–Kier alpha value is -3.60. The zero-order valence-corrected chi connectivity index (χ0v) is 27.0.